The zero-order valence-electron chi connectivity index (χ0n) is 14.2. The van der Waals surface area contributed by atoms with E-state index in [2.05, 4.69) is 0 Å². The van der Waals surface area contributed by atoms with Gasteiger partial charge in [0.05, 0.1) is 26.4 Å². The van der Waals surface area contributed by atoms with Crippen molar-refractivity contribution in [1.29, 1.82) is 0 Å². The smallest absolute Gasteiger partial charge is 0.223 e. The fraction of sp³-hybridized carbons (Fsp3) is 0.611. The van der Waals surface area contributed by atoms with Gasteiger partial charge in [-0.3, -0.25) is 4.79 Å². The topological polar surface area (TPSA) is 59.0 Å². The third kappa shape index (κ3) is 4.16. The van der Waals surface area contributed by atoms with E-state index in [4.69, 9.17) is 9.47 Å². The van der Waals surface area contributed by atoms with Crippen LogP contribution in [0.5, 0.6) is 11.5 Å². The highest BCUT2D eigenvalue weighted by atomic mass is 16.5. The first-order chi connectivity index (χ1) is 11.1. The van der Waals surface area contributed by atoms with Crippen LogP contribution in [0.15, 0.2) is 18.2 Å². The molecule has 5 heteroatoms. The number of rotatable bonds is 7. The van der Waals surface area contributed by atoms with Gasteiger partial charge >= 0.3 is 0 Å². The SMILES string of the molecule is CCC(O)[C@@H]1CCCN1C(=O)CCc1ccc(OC)c(OC)c1. The van der Waals surface area contributed by atoms with Crippen LogP contribution in [0.3, 0.4) is 0 Å². The minimum atomic E-state index is -0.414. The number of aliphatic hydroxyl groups excluding tert-OH is 1. The van der Waals surface area contributed by atoms with Gasteiger partial charge in [0.2, 0.25) is 5.91 Å². The van der Waals surface area contributed by atoms with Gasteiger partial charge in [-0.1, -0.05) is 13.0 Å². The van der Waals surface area contributed by atoms with Crippen LogP contribution in [-0.4, -0.2) is 48.8 Å². The lowest BCUT2D eigenvalue weighted by Crippen LogP contribution is -2.42. The number of hydrogen-bond acceptors (Lipinski definition) is 4. The Labute approximate surface area is 138 Å². The van der Waals surface area contributed by atoms with Crippen molar-refractivity contribution in [3.05, 3.63) is 23.8 Å². The van der Waals surface area contributed by atoms with Crippen LogP contribution in [0.1, 0.15) is 38.2 Å². The molecule has 1 saturated heterocycles. The molecule has 0 spiro atoms. The summed E-state index contributed by atoms with van der Waals surface area (Å²) in [5, 5.41) is 10.1. The predicted molar refractivity (Wildman–Crippen MR) is 88.9 cm³/mol. The molecule has 1 aromatic rings. The average molecular weight is 321 g/mol. The van der Waals surface area contributed by atoms with Crippen molar-refractivity contribution in [3.8, 4) is 11.5 Å². The third-order valence-electron chi connectivity index (χ3n) is 4.56. The number of methoxy groups -OCH3 is 2. The highest BCUT2D eigenvalue weighted by Crippen LogP contribution is 2.28. The lowest BCUT2D eigenvalue weighted by molar-refractivity contribution is -0.134. The van der Waals surface area contributed by atoms with Gasteiger partial charge < -0.3 is 19.5 Å². The molecule has 1 amide bonds. The van der Waals surface area contributed by atoms with Crippen molar-refractivity contribution >= 4 is 5.91 Å². The first-order valence-electron chi connectivity index (χ1n) is 8.29. The summed E-state index contributed by atoms with van der Waals surface area (Å²) >= 11 is 0. The Bertz CT molecular complexity index is 532. The van der Waals surface area contributed by atoms with Crippen molar-refractivity contribution in [1.82, 2.24) is 4.90 Å². The standard InChI is InChI=1S/C18H27NO4/c1-4-15(20)14-6-5-11-19(14)18(21)10-8-13-7-9-16(22-2)17(12-13)23-3/h7,9,12,14-15,20H,4-6,8,10-11H2,1-3H3/t14-,15?/m0/s1. The Kier molecular flexibility index (Phi) is 6.28. The van der Waals surface area contributed by atoms with E-state index in [0.717, 1.165) is 24.9 Å². The van der Waals surface area contributed by atoms with E-state index < -0.39 is 6.10 Å². The zero-order valence-corrected chi connectivity index (χ0v) is 14.2. The van der Waals surface area contributed by atoms with E-state index in [1.165, 1.54) is 0 Å². The number of likely N-dealkylation sites (tertiary alicyclic amines) is 1. The minimum absolute atomic E-state index is 0.0158. The molecule has 2 rings (SSSR count). The number of ether oxygens (including phenoxy) is 2. The third-order valence-corrected chi connectivity index (χ3v) is 4.56. The van der Waals surface area contributed by atoms with Gasteiger partial charge in [-0.05, 0) is 43.4 Å². The number of aryl methyl sites for hydroxylation is 1. The molecular formula is C18H27NO4. The van der Waals surface area contributed by atoms with E-state index in [1.807, 2.05) is 30.0 Å². The number of amides is 1. The number of benzene rings is 1. The highest BCUT2D eigenvalue weighted by Gasteiger charge is 2.32. The van der Waals surface area contributed by atoms with Crippen LogP contribution in [0, 0.1) is 0 Å². The molecule has 1 fully saturated rings. The summed E-state index contributed by atoms with van der Waals surface area (Å²) < 4.78 is 10.5. The van der Waals surface area contributed by atoms with E-state index >= 15 is 0 Å². The maximum atomic E-state index is 12.5. The Balaban J connectivity index is 1.96. The molecule has 0 aliphatic carbocycles. The molecule has 0 saturated carbocycles. The fourth-order valence-electron chi connectivity index (χ4n) is 3.21. The molecular weight excluding hydrogens is 294 g/mol. The van der Waals surface area contributed by atoms with Gasteiger partial charge in [-0.2, -0.15) is 0 Å². The molecule has 1 N–H and O–H groups in total. The Morgan fingerprint density at radius 1 is 1.35 bits per heavy atom. The first-order valence-corrected chi connectivity index (χ1v) is 8.29. The van der Waals surface area contributed by atoms with Crippen molar-refractivity contribution in [2.24, 2.45) is 0 Å². The molecule has 0 radical (unpaired) electrons. The number of nitrogens with zero attached hydrogens (tertiary/aromatic N) is 1. The van der Waals surface area contributed by atoms with Crippen LogP contribution in [0.2, 0.25) is 0 Å². The summed E-state index contributed by atoms with van der Waals surface area (Å²) in [5.74, 6) is 1.49. The normalized spacial score (nSPS) is 18.8. The van der Waals surface area contributed by atoms with Crippen LogP contribution in [0.25, 0.3) is 0 Å². The summed E-state index contributed by atoms with van der Waals surface area (Å²) in [6.45, 7) is 2.71. The van der Waals surface area contributed by atoms with Gasteiger partial charge in [-0.15, -0.1) is 0 Å². The Morgan fingerprint density at radius 3 is 2.74 bits per heavy atom. The summed E-state index contributed by atoms with van der Waals surface area (Å²) in [6.07, 6.45) is 3.25. The lowest BCUT2D eigenvalue weighted by atomic mass is 10.0. The predicted octanol–water partition coefficient (Wildman–Crippen LogP) is 2.40. The van der Waals surface area contributed by atoms with Gasteiger partial charge in [0, 0.05) is 13.0 Å². The van der Waals surface area contributed by atoms with Crippen LogP contribution < -0.4 is 9.47 Å². The van der Waals surface area contributed by atoms with Crippen LogP contribution in [-0.2, 0) is 11.2 Å². The molecule has 1 aliphatic heterocycles. The fourth-order valence-corrected chi connectivity index (χ4v) is 3.21. The van der Waals surface area contributed by atoms with Crippen LogP contribution >= 0.6 is 0 Å². The number of carbonyl (C=O) groups excluding carboxylic acids is 1. The van der Waals surface area contributed by atoms with Gasteiger partial charge in [0.25, 0.3) is 0 Å². The Hall–Kier alpha value is -1.75. The average Bonchev–Trinajstić information content (AvgIpc) is 3.08. The second kappa shape index (κ2) is 8.20. The lowest BCUT2D eigenvalue weighted by Gasteiger charge is -2.28. The maximum Gasteiger partial charge on any atom is 0.223 e. The molecule has 1 aliphatic rings. The van der Waals surface area contributed by atoms with E-state index in [-0.39, 0.29) is 11.9 Å². The minimum Gasteiger partial charge on any atom is -0.493 e. The number of aliphatic hydroxyl groups is 1. The summed E-state index contributed by atoms with van der Waals surface area (Å²) in [6, 6.07) is 5.71. The second-order valence-electron chi connectivity index (χ2n) is 5.96. The summed E-state index contributed by atoms with van der Waals surface area (Å²) in [7, 11) is 3.21. The van der Waals surface area contributed by atoms with Crippen molar-refractivity contribution in [2.75, 3.05) is 20.8 Å². The van der Waals surface area contributed by atoms with Crippen molar-refractivity contribution in [2.45, 2.75) is 51.2 Å². The maximum absolute atomic E-state index is 12.5. The largest absolute Gasteiger partial charge is 0.493 e. The van der Waals surface area contributed by atoms with Gasteiger partial charge in [0.15, 0.2) is 11.5 Å². The molecule has 0 bridgehead atoms. The number of carbonyl (C=O) groups is 1. The summed E-state index contributed by atoms with van der Waals surface area (Å²) in [5.41, 5.74) is 1.04. The molecule has 5 nitrogen and oxygen atoms in total. The molecule has 128 valence electrons. The zero-order chi connectivity index (χ0) is 16.8. The summed E-state index contributed by atoms with van der Waals surface area (Å²) in [4.78, 5) is 14.3. The van der Waals surface area contributed by atoms with Crippen molar-refractivity contribution < 1.29 is 19.4 Å². The molecule has 1 heterocycles. The molecule has 23 heavy (non-hydrogen) atoms. The number of hydrogen-bond donors (Lipinski definition) is 1. The molecule has 1 aromatic carbocycles. The first kappa shape index (κ1) is 17.6. The molecule has 1 unspecified atom stereocenters. The quantitative estimate of drug-likeness (QED) is 0.838. The second-order valence-corrected chi connectivity index (χ2v) is 5.96. The van der Waals surface area contributed by atoms with Crippen molar-refractivity contribution in [3.63, 3.8) is 0 Å². The van der Waals surface area contributed by atoms with Gasteiger partial charge in [-0.25, -0.2) is 0 Å². The Morgan fingerprint density at radius 2 is 2.09 bits per heavy atom. The highest BCUT2D eigenvalue weighted by molar-refractivity contribution is 5.77. The van der Waals surface area contributed by atoms with Gasteiger partial charge in [0.1, 0.15) is 0 Å². The van der Waals surface area contributed by atoms with E-state index in [0.29, 0.717) is 30.8 Å². The molecule has 0 aromatic heterocycles. The van der Waals surface area contributed by atoms with E-state index in [1.54, 1.807) is 14.2 Å². The monoisotopic (exact) mass is 321 g/mol. The van der Waals surface area contributed by atoms with E-state index in [9.17, 15) is 9.90 Å². The van der Waals surface area contributed by atoms with Crippen LogP contribution in [0.4, 0.5) is 0 Å². The molecule has 2 atom stereocenters.